The monoisotopic (exact) mass is 283 g/mol. The lowest BCUT2D eigenvalue weighted by Crippen LogP contribution is -2.35. The number of hydrogen-bond donors (Lipinski definition) is 1. The molecule has 20 heavy (non-hydrogen) atoms. The molecule has 8 heteroatoms. The number of hydrogen-bond acceptors (Lipinski definition) is 4. The molecule has 0 aliphatic carbocycles. The van der Waals surface area contributed by atoms with E-state index in [-0.39, 0.29) is 11.9 Å². The number of nitrogens with one attached hydrogen (secondary N) is 1. The first-order valence-electron chi connectivity index (χ1n) is 6.16. The van der Waals surface area contributed by atoms with Crippen molar-refractivity contribution in [3.8, 4) is 0 Å². The molecule has 0 radical (unpaired) electrons. The van der Waals surface area contributed by atoms with Crippen LogP contribution in [0.5, 0.6) is 0 Å². The maximum Gasteiger partial charge on any atom is 0.396 e. The minimum absolute atomic E-state index is 0.0390. The van der Waals surface area contributed by atoms with Gasteiger partial charge in [-0.05, 0) is 11.6 Å². The smallest absolute Gasteiger partial charge is 0.312 e. The van der Waals surface area contributed by atoms with Crippen molar-refractivity contribution < 1.29 is 13.2 Å². The first kappa shape index (κ1) is 13.0. The van der Waals surface area contributed by atoms with Crippen LogP contribution in [0.1, 0.15) is 23.3 Å². The van der Waals surface area contributed by atoms with Crippen molar-refractivity contribution >= 4 is 0 Å². The molecule has 2 aromatic heterocycles. The highest BCUT2D eigenvalue weighted by Crippen LogP contribution is 2.26. The Balaban J connectivity index is 1.95. The summed E-state index contributed by atoms with van der Waals surface area (Å²) in [5, 5.41) is 10.8. The topological polar surface area (TPSA) is 55.6 Å². The van der Waals surface area contributed by atoms with Gasteiger partial charge in [0.1, 0.15) is 12.2 Å². The van der Waals surface area contributed by atoms with Crippen molar-refractivity contribution in [1.82, 2.24) is 25.1 Å². The molecule has 0 amide bonds. The molecule has 1 aliphatic heterocycles. The van der Waals surface area contributed by atoms with Gasteiger partial charge in [-0.15, -0.1) is 10.2 Å². The quantitative estimate of drug-likeness (QED) is 0.907. The molecule has 1 aliphatic rings. The van der Waals surface area contributed by atoms with Gasteiger partial charge in [0, 0.05) is 25.5 Å². The van der Waals surface area contributed by atoms with Crippen LogP contribution in [0, 0.1) is 0 Å². The minimum atomic E-state index is -4.28. The Hall–Kier alpha value is -1.96. The molecule has 3 rings (SSSR count). The average molecular weight is 283 g/mol. The summed E-state index contributed by atoms with van der Waals surface area (Å²) in [5.41, 5.74) is 0.861. The molecule has 0 aromatic carbocycles. The fraction of sp³-hybridized carbons (Fsp3) is 0.417. The number of aromatic nitrogens is 4. The molecule has 1 N–H and O–H groups in total. The summed E-state index contributed by atoms with van der Waals surface area (Å²) < 4.78 is 39.1. The summed E-state index contributed by atoms with van der Waals surface area (Å²) in [5.74, 6) is 0.464. The van der Waals surface area contributed by atoms with Crippen LogP contribution in [-0.4, -0.2) is 32.5 Å². The molecule has 2 aromatic rings. The largest absolute Gasteiger partial charge is 0.396 e. The van der Waals surface area contributed by atoms with Crippen molar-refractivity contribution in [3.63, 3.8) is 0 Å². The van der Waals surface area contributed by atoms with E-state index in [2.05, 4.69) is 20.5 Å². The van der Waals surface area contributed by atoms with Crippen LogP contribution in [0.15, 0.2) is 24.5 Å². The number of rotatable bonds is 2. The van der Waals surface area contributed by atoms with E-state index in [0.717, 1.165) is 5.56 Å². The number of nitrogens with zero attached hydrogens (tertiary/aromatic N) is 4. The Bertz CT molecular complexity index is 593. The number of halogens is 3. The molecule has 1 atom stereocenters. The standard InChI is InChI=1S/C12H12F3N5/c13-12(14,15)6-9-18-19-11-10(17-4-5-20(9)11)8-2-1-3-16-7-8/h1-3,7,10,17H,4-6H2. The second kappa shape index (κ2) is 4.86. The average Bonchev–Trinajstić information content (AvgIpc) is 2.81. The predicted octanol–water partition coefficient (Wildman–Crippen LogP) is 1.47. The van der Waals surface area contributed by atoms with Crippen LogP contribution in [0.4, 0.5) is 13.2 Å². The van der Waals surface area contributed by atoms with E-state index < -0.39 is 12.6 Å². The highest BCUT2D eigenvalue weighted by molar-refractivity contribution is 5.23. The van der Waals surface area contributed by atoms with Gasteiger partial charge < -0.3 is 9.88 Å². The van der Waals surface area contributed by atoms with Gasteiger partial charge in [0.2, 0.25) is 0 Å². The third-order valence-corrected chi connectivity index (χ3v) is 3.17. The molecule has 0 bridgehead atoms. The van der Waals surface area contributed by atoms with Gasteiger partial charge >= 0.3 is 6.18 Å². The molecule has 0 saturated carbocycles. The molecular weight excluding hydrogens is 271 g/mol. The van der Waals surface area contributed by atoms with Gasteiger partial charge in [0.05, 0.1) is 6.04 Å². The molecule has 106 valence electrons. The molecule has 5 nitrogen and oxygen atoms in total. The SMILES string of the molecule is FC(F)(F)Cc1nnc2n1CCNC2c1cccnc1. The van der Waals surface area contributed by atoms with Gasteiger partial charge in [-0.2, -0.15) is 13.2 Å². The first-order chi connectivity index (χ1) is 9.54. The summed E-state index contributed by atoms with van der Waals surface area (Å²) in [7, 11) is 0. The van der Waals surface area contributed by atoms with Gasteiger partial charge in [0.15, 0.2) is 5.82 Å². The van der Waals surface area contributed by atoms with Crippen LogP contribution < -0.4 is 5.32 Å². The Morgan fingerprint density at radius 2 is 2.20 bits per heavy atom. The Morgan fingerprint density at radius 1 is 1.35 bits per heavy atom. The summed E-state index contributed by atoms with van der Waals surface area (Å²) in [6.45, 7) is 1.000. The molecular formula is C12H12F3N5. The van der Waals surface area contributed by atoms with Gasteiger partial charge in [-0.3, -0.25) is 4.98 Å². The second-order valence-corrected chi connectivity index (χ2v) is 4.59. The fourth-order valence-electron chi connectivity index (χ4n) is 2.34. The maximum absolute atomic E-state index is 12.5. The van der Waals surface area contributed by atoms with Crippen LogP contribution in [0.3, 0.4) is 0 Å². The van der Waals surface area contributed by atoms with Gasteiger partial charge in [-0.1, -0.05) is 6.07 Å². The lowest BCUT2D eigenvalue weighted by Gasteiger charge is -2.25. The van der Waals surface area contributed by atoms with E-state index in [1.165, 1.54) is 0 Å². The molecule has 0 saturated heterocycles. The molecule has 0 spiro atoms. The number of fused-ring (bicyclic) bond motifs is 1. The number of pyridine rings is 1. The highest BCUT2D eigenvalue weighted by Gasteiger charge is 2.33. The second-order valence-electron chi connectivity index (χ2n) is 4.59. The van der Waals surface area contributed by atoms with Crippen molar-refractivity contribution in [2.24, 2.45) is 0 Å². The molecule has 3 heterocycles. The van der Waals surface area contributed by atoms with Gasteiger partial charge in [-0.25, -0.2) is 0 Å². The van der Waals surface area contributed by atoms with Crippen molar-refractivity contribution in [2.75, 3.05) is 6.54 Å². The van der Waals surface area contributed by atoms with E-state index in [1.807, 2.05) is 6.07 Å². The summed E-state index contributed by atoms with van der Waals surface area (Å²) in [6.07, 6.45) is -2.02. The Kier molecular flexibility index (Phi) is 3.17. The predicted molar refractivity (Wildman–Crippen MR) is 63.9 cm³/mol. The minimum Gasteiger partial charge on any atom is -0.312 e. The van der Waals surface area contributed by atoms with Crippen molar-refractivity contribution in [1.29, 1.82) is 0 Å². The number of alkyl halides is 3. The van der Waals surface area contributed by atoms with Gasteiger partial charge in [0.25, 0.3) is 0 Å². The summed E-state index contributed by atoms with van der Waals surface area (Å²) in [6, 6.07) is 3.37. The van der Waals surface area contributed by atoms with E-state index >= 15 is 0 Å². The highest BCUT2D eigenvalue weighted by atomic mass is 19.4. The van der Waals surface area contributed by atoms with Crippen molar-refractivity contribution in [3.05, 3.63) is 41.7 Å². The Labute approximate surface area is 112 Å². The van der Waals surface area contributed by atoms with Crippen LogP contribution in [0.2, 0.25) is 0 Å². The van der Waals surface area contributed by atoms with Crippen molar-refractivity contribution in [2.45, 2.75) is 25.2 Å². The van der Waals surface area contributed by atoms with E-state index in [1.54, 1.807) is 23.0 Å². The van der Waals surface area contributed by atoms with E-state index in [4.69, 9.17) is 0 Å². The zero-order valence-electron chi connectivity index (χ0n) is 10.4. The molecule has 0 fully saturated rings. The molecule has 1 unspecified atom stereocenters. The normalized spacial score (nSPS) is 18.9. The lowest BCUT2D eigenvalue weighted by atomic mass is 10.1. The summed E-state index contributed by atoms with van der Waals surface area (Å²) >= 11 is 0. The lowest BCUT2D eigenvalue weighted by molar-refractivity contribution is -0.129. The zero-order valence-corrected chi connectivity index (χ0v) is 10.4. The zero-order chi connectivity index (χ0) is 14.2. The van der Waals surface area contributed by atoms with Crippen LogP contribution in [0.25, 0.3) is 0 Å². The van der Waals surface area contributed by atoms with Crippen LogP contribution in [-0.2, 0) is 13.0 Å². The fourth-order valence-corrected chi connectivity index (χ4v) is 2.34. The van der Waals surface area contributed by atoms with E-state index in [0.29, 0.717) is 18.9 Å². The summed E-state index contributed by atoms with van der Waals surface area (Å²) in [4.78, 5) is 4.02. The first-order valence-corrected chi connectivity index (χ1v) is 6.16. The Morgan fingerprint density at radius 3 is 2.90 bits per heavy atom. The van der Waals surface area contributed by atoms with E-state index in [9.17, 15) is 13.2 Å². The van der Waals surface area contributed by atoms with Crippen LogP contribution >= 0.6 is 0 Å². The third kappa shape index (κ3) is 2.51. The maximum atomic E-state index is 12.5. The third-order valence-electron chi connectivity index (χ3n) is 3.17.